The summed E-state index contributed by atoms with van der Waals surface area (Å²) in [6.45, 7) is 6.53. The van der Waals surface area contributed by atoms with Gasteiger partial charge in [0, 0.05) is 31.2 Å². The molecule has 1 aromatic carbocycles. The largest absolute Gasteiger partial charge is 0.384 e. The Morgan fingerprint density at radius 2 is 1.96 bits per heavy atom. The molecular weight excluding hydrogens is 328 g/mol. The number of primary sulfonamides is 1. The summed E-state index contributed by atoms with van der Waals surface area (Å²) in [5.74, 6) is 0.356. The van der Waals surface area contributed by atoms with Crippen molar-refractivity contribution < 1.29 is 17.9 Å². The number of ether oxygens (including phenoxy) is 1. The highest BCUT2D eigenvalue weighted by atomic mass is 32.2. The minimum absolute atomic E-state index is 0.0116. The molecule has 1 saturated carbocycles. The topological polar surface area (TPSA) is 89.7 Å². The van der Waals surface area contributed by atoms with E-state index >= 15 is 0 Å². The van der Waals surface area contributed by atoms with Crippen molar-refractivity contribution in [3.63, 3.8) is 0 Å². The number of nitrogens with zero attached hydrogens (tertiary/aromatic N) is 1. The van der Waals surface area contributed by atoms with E-state index in [9.17, 15) is 13.2 Å². The Morgan fingerprint density at radius 1 is 1.33 bits per heavy atom. The second-order valence-corrected chi connectivity index (χ2v) is 9.33. The minimum atomic E-state index is -3.75. The highest BCUT2D eigenvalue weighted by Gasteiger charge is 2.63. The number of methoxy groups -OCH3 is 1. The molecule has 0 spiro atoms. The second kappa shape index (κ2) is 5.54. The molecule has 1 aliphatic heterocycles. The molecule has 0 radical (unpaired) electrons. The number of fused-ring (bicyclic) bond motifs is 1. The molecule has 1 heterocycles. The summed E-state index contributed by atoms with van der Waals surface area (Å²) < 4.78 is 28.0. The third-order valence-electron chi connectivity index (χ3n) is 5.55. The predicted molar refractivity (Wildman–Crippen MR) is 89.9 cm³/mol. The minimum Gasteiger partial charge on any atom is -0.384 e. The van der Waals surface area contributed by atoms with Gasteiger partial charge in [-0.15, -0.1) is 0 Å². The molecule has 6 nitrogen and oxygen atoms in total. The highest BCUT2D eigenvalue weighted by Crippen LogP contribution is 2.62. The summed E-state index contributed by atoms with van der Waals surface area (Å²) >= 11 is 0. The van der Waals surface area contributed by atoms with E-state index in [4.69, 9.17) is 9.88 Å². The first kappa shape index (κ1) is 17.4. The monoisotopic (exact) mass is 352 g/mol. The third kappa shape index (κ3) is 2.74. The van der Waals surface area contributed by atoms with Gasteiger partial charge in [-0.3, -0.25) is 4.79 Å². The van der Waals surface area contributed by atoms with Crippen molar-refractivity contribution in [2.24, 2.45) is 21.9 Å². The van der Waals surface area contributed by atoms with Gasteiger partial charge in [0.15, 0.2) is 0 Å². The van der Waals surface area contributed by atoms with Gasteiger partial charge in [0.25, 0.3) is 5.91 Å². The number of amides is 1. The average molecular weight is 352 g/mol. The Morgan fingerprint density at radius 3 is 2.46 bits per heavy atom. The van der Waals surface area contributed by atoms with Crippen LogP contribution in [0.15, 0.2) is 29.2 Å². The zero-order valence-electron chi connectivity index (χ0n) is 14.3. The zero-order valence-corrected chi connectivity index (χ0v) is 15.1. The number of likely N-dealkylation sites (tertiary alicyclic amines) is 1. The van der Waals surface area contributed by atoms with Gasteiger partial charge < -0.3 is 9.64 Å². The normalized spacial score (nSPS) is 28.3. The molecule has 2 atom stereocenters. The molecule has 0 aromatic heterocycles. The smallest absolute Gasteiger partial charge is 0.253 e. The summed E-state index contributed by atoms with van der Waals surface area (Å²) in [6, 6.07) is 5.80. The van der Waals surface area contributed by atoms with E-state index in [1.54, 1.807) is 7.11 Å². The fraction of sp³-hybridized carbons (Fsp3) is 0.588. The molecule has 132 valence electrons. The number of rotatable bonds is 4. The number of carbonyl (C=O) groups is 1. The third-order valence-corrected chi connectivity index (χ3v) is 6.48. The number of nitrogens with two attached hydrogens (primary N) is 1. The van der Waals surface area contributed by atoms with Gasteiger partial charge in [0.1, 0.15) is 0 Å². The van der Waals surface area contributed by atoms with Gasteiger partial charge in [0.2, 0.25) is 10.0 Å². The second-order valence-electron chi connectivity index (χ2n) is 7.77. The van der Waals surface area contributed by atoms with Crippen molar-refractivity contribution >= 4 is 15.9 Å². The number of carbonyl (C=O) groups excluding carboxylic acids is 1. The number of hydrogen-bond acceptors (Lipinski definition) is 4. The Bertz CT molecular complexity index is 757. The summed E-state index contributed by atoms with van der Waals surface area (Å²) in [5.41, 5.74) is 0.744. The molecule has 3 rings (SSSR count). The van der Waals surface area contributed by atoms with E-state index in [0.717, 1.165) is 6.42 Å². The molecule has 1 amide bonds. The van der Waals surface area contributed by atoms with Crippen LogP contribution in [0.5, 0.6) is 0 Å². The van der Waals surface area contributed by atoms with Crippen LogP contribution >= 0.6 is 0 Å². The molecule has 24 heavy (non-hydrogen) atoms. The Labute approximate surface area is 143 Å². The van der Waals surface area contributed by atoms with E-state index in [1.165, 1.54) is 24.3 Å². The number of hydrogen-bond donors (Lipinski definition) is 1. The van der Waals surface area contributed by atoms with Crippen molar-refractivity contribution in [2.45, 2.75) is 25.2 Å². The van der Waals surface area contributed by atoms with Crippen molar-refractivity contribution in [2.75, 3.05) is 26.8 Å². The molecule has 1 saturated heterocycles. The Balaban J connectivity index is 1.79. The van der Waals surface area contributed by atoms with Gasteiger partial charge in [-0.25, -0.2) is 13.6 Å². The van der Waals surface area contributed by atoms with Gasteiger partial charge in [-0.05, 0) is 42.0 Å². The van der Waals surface area contributed by atoms with E-state index in [0.29, 0.717) is 31.2 Å². The first-order chi connectivity index (χ1) is 11.1. The zero-order chi connectivity index (χ0) is 17.8. The lowest BCUT2D eigenvalue weighted by Crippen LogP contribution is -2.55. The maximum atomic E-state index is 12.8. The van der Waals surface area contributed by atoms with Gasteiger partial charge in [-0.2, -0.15) is 0 Å². The van der Waals surface area contributed by atoms with Gasteiger partial charge >= 0.3 is 0 Å². The fourth-order valence-corrected chi connectivity index (χ4v) is 5.25. The Kier molecular flexibility index (Phi) is 4.01. The van der Waals surface area contributed by atoms with Crippen molar-refractivity contribution in [1.29, 1.82) is 0 Å². The molecule has 2 N–H and O–H groups in total. The van der Waals surface area contributed by atoms with E-state index in [1.807, 2.05) is 4.90 Å². The van der Waals surface area contributed by atoms with Crippen molar-refractivity contribution in [1.82, 2.24) is 4.90 Å². The number of sulfonamides is 1. The molecule has 2 aliphatic rings. The SMILES string of the molecule is COC[C@@]12CN(C(=O)c3ccc(S(N)(=O)=O)cc3)C[C@@H]1C(C)(C)C2. The van der Waals surface area contributed by atoms with Crippen LogP contribution in [0.3, 0.4) is 0 Å². The summed E-state index contributed by atoms with van der Waals surface area (Å²) in [5, 5.41) is 5.09. The molecule has 1 aliphatic carbocycles. The van der Waals surface area contributed by atoms with Crippen molar-refractivity contribution in [3.05, 3.63) is 29.8 Å². The first-order valence-electron chi connectivity index (χ1n) is 8.00. The van der Waals surface area contributed by atoms with E-state index < -0.39 is 10.0 Å². The lowest BCUT2D eigenvalue weighted by molar-refractivity contribution is -0.107. The van der Waals surface area contributed by atoms with Crippen LogP contribution in [0.4, 0.5) is 0 Å². The van der Waals surface area contributed by atoms with Crippen LogP contribution < -0.4 is 5.14 Å². The van der Waals surface area contributed by atoms with Crippen LogP contribution in [-0.2, 0) is 14.8 Å². The fourth-order valence-electron chi connectivity index (χ4n) is 4.73. The van der Waals surface area contributed by atoms with Gasteiger partial charge in [-0.1, -0.05) is 13.8 Å². The van der Waals surface area contributed by atoms with Crippen LogP contribution in [0.25, 0.3) is 0 Å². The molecular formula is C17H24N2O4S. The lowest BCUT2D eigenvalue weighted by Gasteiger charge is -2.56. The summed E-state index contributed by atoms with van der Waals surface area (Å²) in [6.07, 6.45) is 1.05. The molecule has 1 aromatic rings. The quantitative estimate of drug-likeness (QED) is 0.888. The predicted octanol–water partition coefficient (Wildman–Crippen LogP) is 1.47. The lowest BCUT2D eigenvalue weighted by atomic mass is 9.48. The molecule has 7 heteroatoms. The van der Waals surface area contributed by atoms with E-state index in [-0.39, 0.29) is 21.6 Å². The highest BCUT2D eigenvalue weighted by molar-refractivity contribution is 7.89. The number of benzene rings is 1. The van der Waals surface area contributed by atoms with Crippen LogP contribution in [0.1, 0.15) is 30.6 Å². The van der Waals surface area contributed by atoms with Crippen molar-refractivity contribution in [3.8, 4) is 0 Å². The van der Waals surface area contributed by atoms with E-state index in [2.05, 4.69) is 13.8 Å². The van der Waals surface area contributed by atoms with Crippen LogP contribution in [0, 0.1) is 16.7 Å². The van der Waals surface area contributed by atoms with Gasteiger partial charge in [0.05, 0.1) is 11.5 Å². The molecule has 0 unspecified atom stereocenters. The standard InChI is InChI=1S/C17H24N2O4S/c1-16(2)9-17(11-23-3)10-19(8-14(16)17)15(20)12-4-6-13(7-5-12)24(18,21)22/h4-7,14H,8-11H2,1-3H3,(H2,18,21,22)/t14-,17-/m1/s1. The first-order valence-corrected chi connectivity index (χ1v) is 9.55. The summed E-state index contributed by atoms with van der Waals surface area (Å²) in [4.78, 5) is 14.7. The average Bonchev–Trinajstić information content (AvgIpc) is 2.81. The summed E-state index contributed by atoms with van der Waals surface area (Å²) in [7, 11) is -2.04. The molecule has 2 fully saturated rings. The Hall–Kier alpha value is -1.44. The van der Waals surface area contributed by atoms with Crippen LogP contribution in [0.2, 0.25) is 0 Å². The van der Waals surface area contributed by atoms with Crippen LogP contribution in [-0.4, -0.2) is 46.0 Å². The maximum absolute atomic E-state index is 12.8. The molecule has 0 bridgehead atoms. The maximum Gasteiger partial charge on any atom is 0.253 e.